The van der Waals surface area contributed by atoms with Crippen LogP contribution in [0, 0.1) is 17.6 Å². The molecule has 1 atom stereocenters. The molecule has 2 N–H and O–H groups in total. The quantitative estimate of drug-likeness (QED) is 0.454. The van der Waals surface area contributed by atoms with Crippen LogP contribution < -0.4 is 10.2 Å². The molecule has 3 heterocycles. The van der Waals surface area contributed by atoms with Gasteiger partial charge in [-0.15, -0.1) is 0 Å². The summed E-state index contributed by atoms with van der Waals surface area (Å²) in [5, 5.41) is 13.0. The van der Waals surface area contributed by atoms with Crippen molar-refractivity contribution in [2.75, 3.05) is 43.0 Å². The summed E-state index contributed by atoms with van der Waals surface area (Å²) in [7, 11) is 0. The largest absolute Gasteiger partial charge is 0.396 e. The first kappa shape index (κ1) is 24.9. The molecule has 2 aliphatic heterocycles. The number of aromatic nitrogens is 2. The molecular weight excluding hydrogens is 484 g/mol. The number of rotatable bonds is 6. The maximum atomic E-state index is 14.6. The summed E-state index contributed by atoms with van der Waals surface area (Å²) in [6.45, 7) is 3.94. The molecule has 36 heavy (non-hydrogen) atoms. The van der Waals surface area contributed by atoms with E-state index in [0.717, 1.165) is 57.4 Å². The average molecular weight is 514 g/mol. The van der Waals surface area contributed by atoms with Crippen LogP contribution in [0.3, 0.4) is 0 Å². The molecule has 5 rings (SSSR count). The molecule has 3 aromatic rings. The van der Waals surface area contributed by atoms with Crippen molar-refractivity contribution in [2.24, 2.45) is 5.92 Å². The van der Waals surface area contributed by atoms with Gasteiger partial charge in [0.15, 0.2) is 0 Å². The van der Waals surface area contributed by atoms with Crippen LogP contribution in [0.15, 0.2) is 48.7 Å². The van der Waals surface area contributed by atoms with Crippen LogP contribution in [-0.2, 0) is 0 Å². The molecule has 6 nitrogen and oxygen atoms in total. The van der Waals surface area contributed by atoms with E-state index >= 15 is 0 Å². The van der Waals surface area contributed by atoms with Crippen LogP contribution in [0.5, 0.6) is 0 Å². The van der Waals surface area contributed by atoms with Gasteiger partial charge in [-0.1, -0.05) is 23.7 Å². The summed E-state index contributed by atoms with van der Waals surface area (Å²) < 4.78 is 28.1. The minimum absolute atomic E-state index is 0.245. The van der Waals surface area contributed by atoms with E-state index in [4.69, 9.17) is 16.6 Å². The minimum Gasteiger partial charge on any atom is -0.396 e. The molecule has 190 valence electrons. The lowest BCUT2D eigenvalue weighted by atomic mass is 9.94. The number of hydrogen-bond acceptors (Lipinski definition) is 6. The van der Waals surface area contributed by atoms with E-state index in [1.807, 2.05) is 0 Å². The number of nitrogens with zero attached hydrogens (tertiary/aromatic N) is 4. The van der Waals surface area contributed by atoms with Gasteiger partial charge in [-0.05, 0) is 74.0 Å². The molecule has 0 radical (unpaired) electrons. The van der Waals surface area contributed by atoms with E-state index in [-0.39, 0.29) is 18.1 Å². The van der Waals surface area contributed by atoms with Gasteiger partial charge in [-0.3, -0.25) is 4.90 Å². The van der Waals surface area contributed by atoms with Crippen LogP contribution in [0.4, 0.5) is 26.2 Å². The molecule has 0 unspecified atom stereocenters. The summed E-state index contributed by atoms with van der Waals surface area (Å²) in [5.74, 6) is 0.563. The third-order valence-electron chi connectivity index (χ3n) is 7.19. The first-order valence-corrected chi connectivity index (χ1v) is 12.8. The normalized spacial score (nSPS) is 19.4. The Morgan fingerprint density at radius 3 is 2.53 bits per heavy atom. The molecule has 2 aliphatic rings. The van der Waals surface area contributed by atoms with E-state index in [1.54, 1.807) is 30.5 Å². The van der Waals surface area contributed by atoms with Crippen LogP contribution in [0.1, 0.15) is 25.7 Å². The fourth-order valence-corrected chi connectivity index (χ4v) is 5.35. The van der Waals surface area contributed by atoms with E-state index in [0.29, 0.717) is 34.3 Å². The topological polar surface area (TPSA) is 64.5 Å². The van der Waals surface area contributed by atoms with Gasteiger partial charge in [-0.2, -0.15) is 4.98 Å². The number of aliphatic hydroxyl groups is 1. The highest BCUT2D eigenvalue weighted by Crippen LogP contribution is 2.32. The Labute approximate surface area is 214 Å². The lowest BCUT2D eigenvalue weighted by Crippen LogP contribution is -2.49. The van der Waals surface area contributed by atoms with Gasteiger partial charge in [0.25, 0.3) is 0 Å². The predicted octanol–water partition coefficient (Wildman–Crippen LogP) is 5.49. The number of halogens is 3. The number of likely N-dealkylation sites (tertiary alicyclic amines) is 1. The fraction of sp³-hybridized carbons (Fsp3) is 0.407. The number of anilines is 3. The third kappa shape index (κ3) is 5.61. The monoisotopic (exact) mass is 513 g/mol. The number of benzene rings is 2. The first-order chi connectivity index (χ1) is 17.5. The highest BCUT2D eigenvalue weighted by Gasteiger charge is 2.29. The summed E-state index contributed by atoms with van der Waals surface area (Å²) in [6.07, 6.45) is 5.93. The molecular formula is C27H30ClF2N5O. The molecule has 0 saturated carbocycles. The molecule has 2 aromatic carbocycles. The van der Waals surface area contributed by atoms with Crippen molar-refractivity contribution in [1.29, 1.82) is 0 Å². The predicted molar refractivity (Wildman–Crippen MR) is 139 cm³/mol. The zero-order valence-electron chi connectivity index (χ0n) is 20.0. The Kier molecular flexibility index (Phi) is 7.65. The fourth-order valence-electron chi connectivity index (χ4n) is 5.19. The van der Waals surface area contributed by atoms with Crippen molar-refractivity contribution in [3.05, 3.63) is 65.3 Å². The van der Waals surface area contributed by atoms with Gasteiger partial charge in [0.05, 0.1) is 5.69 Å². The second-order valence-corrected chi connectivity index (χ2v) is 10.0. The smallest absolute Gasteiger partial charge is 0.227 e. The van der Waals surface area contributed by atoms with Gasteiger partial charge in [0.2, 0.25) is 5.95 Å². The average Bonchev–Trinajstić information content (AvgIpc) is 2.91. The van der Waals surface area contributed by atoms with Crippen LogP contribution >= 0.6 is 11.6 Å². The number of nitrogens with one attached hydrogen (secondary N) is 1. The van der Waals surface area contributed by atoms with Crippen molar-refractivity contribution in [1.82, 2.24) is 14.9 Å². The van der Waals surface area contributed by atoms with Crippen molar-refractivity contribution in [3.63, 3.8) is 0 Å². The SMILES string of the molecule is OC[C@H]1CCCN(C2CCN(c3ncc(-c4ccc(F)cc4)c(Nc4ccc(Cl)cc4F)n3)CC2)C1. The van der Waals surface area contributed by atoms with Crippen molar-refractivity contribution >= 4 is 29.1 Å². The Balaban J connectivity index is 1.37. The van der Waals surface area contributed by atoms with E-state index in [9.17, 15) is 13.9 Å². The maximum Gasteiger partial charge on any atom is 0.227 e. The molecule has 0 bridgehead atoms. The van der Waals surface area contributed by atoms with Gasteiger partial charge in [-0.25, -0.2) is 13.8 Å². The Hall–Kier alpha value is -2.81. The molecule has 9 heteroatoms. The first-order valence-electron chi connectivity index (χ1n) is 12.4. The van der Waals surface area contributed by atoms with E-state index in [2.05, 4.69) is 20.1 Å². The Morgan fingerprint density at radius 1 is 1.03 bits per heavy atom. The van der Waals surface area contributed by atoms with Crippen LogP contribution in [0.2, 0.25) is 5.02 Å². The second-order valence-electron chi connectivity index (χ2n) is 9.59. The van der Waals surface area contributed by atoms with Crippen LogP contribution in [-0.4, -0.2) is 58.8 Å². The Bertz CT molecular complexity index is 1190. The molecule has 0 amide bonds. The number of piperidine rings is 2. The van der Waals surface area contributed by atoms with Crippen molar-refractivity contribution in [3.8, 4) is 11.1 Å². The summed E-state index contributed by atoms with van der Waals surface area (Å²) in [6, 6.07) is 11.0. The van der Waals surface area contributed by atoms with Gasteiger partial charge in [0, 0.05) is 49.1 Å². The zero-order valence-corrected chi connectivity index (χ0v) is 20.8. The molecule has 0 spiro atoms. The van der Waals surface area contributed by atoms with Crippen molar-refractivity contribution in [2.45, 2.75) is 31.7 Å². The summed E-state index contributed by atoms with van der Waals surface area (Å²) in [5.41, 5.74) is 1.61. The summed E-state index contributed by atoms with van der Waals surface area (Å²) >= 11 is 5.92. The van der Waals surface area contributed by atoms with E-state index < -0.39 is 5.82 Å². The minimum atomic E-state index is -0.490. The van der Waals surface area contributed by atoms with Gasteiger partial charge < -0.3 is 15.3 Å². The molecule has 2 fully saturated rings. The number of hydrogen-bond donors (Lipinski definition) is 2. The lowest BCUT2D eigenvalue weighted by molar-refractivity contribution is 0.0776. The van der Waals surface area contributed by atoms with E-state index in [1.165, 1.54) is 18.2 Å². The maximum absolute atomic E-state index is 14.6. The van der Waals surface area contributed by atoms with Crippen LogP contribution in [0.25, 0.3) is 11.1 Å². The van der Waals surface area contributed by atoms with Crippen molar-refractivity contribution < 1.29 is 13.9 Å². The third-order valence-corrected chi connectivity index (χ3v) is 7.42. The highest BCUT2D eigenvalue weighted by atomic mass is 35.5. The molecule has 2 saturated heterocycles. The van der Waals surface area contributed by atoms with Gasteiger partial charge in [0.1, 0.15) is 17.5 Å². The highest BCUT2D eigenvalue weighted by molar-refractivity contribution is 6.30. The molecule has 0 aliphatic carbocycles. The van der Waals surface area contributed by atoms with Gasteiger partial charge >= 0.3 is 0 Å². The molecule has 1 aromatic heterocycles. The zero-order chi connectivity index (χ0) is 25.1. The lowest BCUT2D eigenvalue weighted by Gasteiger charge is -2.42. The summed E-state index contributed by atoms with van der Waals surface area (Å²) in [4.78, 5) is 14.1. The standard InChI is InChI=1S/C27H30ClF2N5O/c28-20-5-8-25(24(30)14-20)32-26-23(19-3-6-21(29)7-4-19)15-31-27(33-26)34-12-9-22(10-13-34)35-11-1-2-18(16-35)17-36/h3-8,14-15,18,22,36H,1-2,9-13,16-17H2,(H,31,32,33)/t18-/m0/s1. The second kappa shape index (κ2) is 11.1. The number of aliphatic hydroxyl groups excluding tert-OH is 1. The Morgan fingerprint density at radius 2 is 1.81 bits per heavy atom.